The first-order valence-electron chi connectivity index (χ1n) is 8.40. The normalized spacial score (nSPS) is 11.7. The molecule has 1 aromatic heterocycles. The Balaban J connectivity index is 1.65. The number of halogens is 1. The predicted molar refractivity (Wildman–Crippen MR) is 105 cm³/mol. The number of carbonyl (C=O) groups is 1. The molecule has 0 radical (unpaired) electrons. The van der Waals surface area contributed by atoms with Crippen LogP contribution in [-0.4, -0.2) is 30.6 Å². The lowest BCUT2D eigenvalue weighted by Gasteiger charge is -2.06. The average molecular weight is 407 g/mol. The standard InChI is InChI=1S/C19H19ClN2O4S/c20-15-7-9-16(10-8-15)27(25,26)21-11-3-4-14-12-22(13-19(23)24)18-6-2-1-5-17(14)18/h1-2,5-10,12,21H,3-4,11,13H2,(H,23,24). The molecule has 6 nitrogen and oxygen atoms in total. The lowest BCUT2D eigenvalue weighted by molar-refractivity contribution is -0.137. The maximum Gasteiger partial charge on any atom is 0.323 e. The highest BCUT2D eigenvalue weighted by Crippen LogP contribution is 2.22. The lowest BCUT2D eigenvalue weighted by atomic mass is 10.1. The van der Waals surface area contributed by atoms with Gasteiger partial charge in [-0.2, -0.15) is 0 Å². The molecule has 0 unspecified atom stereocenters. The summed E-state index contributed by atoms with van der Waals surface area (Å²) in [6.45, 7) is 0.174. The van der Waals surface area contributed by atoms with Gasteiger partial charge in [0, 0.05) is 28.7 Å². The third-order valence-corrected chi connectivity index (χ3v) is 5.94. The fourth-order valence-corrected chi connectivity index (χ4v) is 4.18. The number of aromatic nitrogens is 1. The van der Waals surface area contributed by atoms with Crippen LogP contribution in [0.15, 0.2) is 59.6 Å². The zero-order chi connectivity index (χ0) is 19.4. The number of hydrogen-bond donors (Lipinski definition) is 2. The van der Waals surface area contributed by atoms with E-state index in [4.69, 9.17) is 16.7 Å². The van der Waals surface area contributed by atoms with Gasteiger partial charge in [0.05, 0.1) is 4.90 Å². The van der Waals surface area contributed by atoms with Crippen LogP contribution < -0.4 is 4.72 Å². The van der Waals surface area contributed by atoms with Gasteiger partial charge in [-0.1, -0.05) is 29.8 Å². The van der Waals surface area contributed by atoms with Gasteiger partial charge in [-0.05, 0) is 48.7 Å². The summed E-state index contributed by atoms with van der Waals surface area (Å²) in [5.74, 6) is -0.905. The Morgan fingerprint density at radius 1 is 1.11 bits per heavy atom. The van der Waals surface area contributed by atoms with Gasteiger partial charge in [0.15, 0.2) is 0 Å². The number of rotatable bonds is 8. The first-order valence-corrected chi connectivity index (χ1v) is 10.3. The molecule has 0 atom stereocenters. The minimum absolute atomic E-state index is 0.107. The Hall–Kier alpha value is -2.35. The molecular weight excluding hydrogens is 388 g/mol. The lowest BCUT2D eigenvalue weighted by Crippen LogP contribution is -2.25. The zero-order valence-corrected chi connectivity index (χ0v) is 16.0. The highest BCUT2D eigenvalue weighted by molar-refractivity contribution is 7.89. The van der Waals surface area contributed by atoms with E-state index >= 15 is 0 Å². The van der Waals surface area contributed by atoms with Crippen molar-refractivity contribution in [3.8, 4) is 0 Å². The molecule has 0 aliphatic rings. The molecule has 2 N–H and O–H groups in total. The van der Waals surface area contributed by atoms with Gasteiger partial charge in [0.25, 0.3) is 0 Å². The molecule has 0 saturated heterocycles. The number of aliphatic carboxylic acids is 1. The topological polar surface area (TPSA) is 88.4 Å². The zero-order valence-electron chi connectivity index (χ0n) is 14.4. The van der Waals surface area contributed by atoms with E-state index in [0.29, 0.717) is 17.9 Å². The third kappa shape index (κ3) is 4.68. The molecule has 0 fully saturated rings. The first-order chi connectivity index (χ1) is 12.9. The summed E-state index contributed by atoms with van der Waals surface area (Å²) in [5, 5.41) is 10.5. The Bertz CT molecular complexity index is 1060. The molecule has 3 rings (SSSR count). The van der Waals surface area contributed by atoms with Gasteiger partial charge >= 0.3 is 5.97 Å². The van der Waals surface area contributed by atoms with Gasteiger partial charge in [0.1, 0.15) is 6.54 Å². The van der Waals surface area contributed by atoms with Crippen LogP contribution in [0.5, 0.6) is 0 Å². The van der Waals surface area contributed by atoms with Crippen molar-refractivity contribution in [3.63, 3.8) is 0 Å². The summed E-state index contributed by atoms with van der Waals surface area (Å²) in [6, 6.07) is 13.6. The maximum absolute atomic E-state index is 12.3. The number of sulfonamides is 1. The number of fused-ring (bicyclic) bond motifs is 1. The van der Waals surface area contributed by atoms with Crippen molar-refractivity contribution in [2.75, 3.05) is 6.54 Å². The van der Waals surface area contributed by atoms with Gasteiger partial charge in [-0.15, -0.1) is 0 Å². The van der Waals surface area contributed by atoms with Gasteiger partial charge in [-0.25, -0.2) is 13.1 Å². The fourth-order valence-electron chi connectivity index (χ4n) is 2.98. The molecule has 0 aliphatic heterocycles. The molecule has 2 aromatic carbocycles. The van der Waals surface area contributed by atoms with Crippen LogP contribution in [0.1, 0.15) is 12.0 Å². The van der Waals surface area contributed by atoms with E-state index in [0.717, 1.165) is 16.5 Å². The highest BCUT2D eigenvalue weighted by Gasteiger charge is 2.14. The van der Waals surface area contributed by atoms with Crippen molar-refractivity contribution >= 4 is 38.5 Å². The quantitative estimate of drug-likeness (QED) is 0.562. The number of nitrogens with one attached hydrogen (secondary N) is 1. The maximum atomic E-state index is 12.3. The van der Waals surface area contributed by atoms with Crippen LogP contribution >= 0.6 is 11.6 Å². The molecule has 0 bridgehead atoms. The summed E-state index contributed by atoms with van der Waals surface area (Å²) < 4.78 is 28.8. The van der Waals surface area contributed by atoms with Crippen molar-refractivity contribution in [1.82, 2.24) is 9.29 Å². The number of benzene rings is 2. The Morgan fingerprint density at radius 2 is 1.81 bits per heavy atom. The van der Waals surface area contributed by atoms with E-state index in [1.807, 2.05) is 30.5 Å². The third-order valence-electron chi connectivity index (χ3n) is 4.22. The smallest absolute Gasteiger partial charge is 0.323 e. The van der Waals surface area contributed by atoms with E-state index in [1.54, 1.807) is 4.57 Å². The van der Waals surface area contributed by atoms with Gasteiger partial charge in [-0.3, -0.25) is 4.79 Å². The second-order valence-corrected chi connectivity index (χ2v) is 8.35. The number of hydrogen-bond acceptors (Lipinski definition) is 3. The summed E-state index contributed by atoms with van der Waals surface area (Å²) in [4.78, 5) is 11.2. The van der Waals surface area contributed by atoms with Crippen LogP contribution in [0.25, 0.3) is 10.9 Å². The number of aryl methyl sites for hydroxylation is 1. The number of nitrogens with zero attached hydrogens (tertiary/aromatic N) is 1. The molecule has 27 heavy (non-hydrogen) atoms. The molecule has 0 aliphatic carbocycles. The second-order valence-electron chi connectivity index (χ2n) is 6.15. The minimum atomic E-state index is -3.58. The van der Waals surface area contributed by atoms with Crippen LogP contribution in [0.3, 0.4) is 0 Å². The number of carboxylic acids is 1. The van der Waals surface area contributed by atoms with E-state index < -0.39 is 16.0 Å². The van der Waals surface area contributed by atoms with Crippen molar-refractivity contribution in [2.45, 2.75) is 24.3 Å². The second kappa shape index (κ2) is 8.12. The van der Waals surface area contributed by atoms with Crippen LogP contribution in [-0.2, 0) is 27.8 Å². The summed E-state index contributed by atoms with van der Waals surface area (Å²) in [5.41, 5.74) is 1.86. The van der Waals surface area contributed by atoms with Crippen LogP contribution in [0.2, 0.25) is 5.02 Å². The number of carboxylic acid groups (broad SMARTS) is 1. The number of para-hydroxylation sites is 1. The van der Waals surface area contributed by atoms with Crippen molar-refractivity contribution < 1.29 is 18.3 Å². The van der Waals surface area contributed by atoms with Gasteiger partial charge in [0.2, 0.25) is 10.0 Å². The average Bonchev–Trinajstić information content (AvgIpc) is 2.96. The predicted octanol–water partition coefficient (Wildman–Crippen LogP) is 3.29. The van der Waals surface area contributed by atoms with Gasteiger partial charge < -0.3 is 9.67 Å². The Labute approximate surface area is 162 Å². The molecule has 0 amide bonds. The largest absolute Gasteiger partial charge is 0.480 e. The van der Waals surface area contributed by atoms with E-state index in [-0.39, 0.29) is 18.0 Å². The highest BCUT2D eigenvalue weighted by atomic mass is 35.5. The van der Waals surface area contributed by atoms with E-state index in [2.05, 4.69) is 4.72 Å². The van der Waals surface area contributed by atoms with E-state index in [9.17, 15) is 13.2 Å². The monoisotopic (exact) mass is 406 g/mol. The van der Waals surface area contributed by atoms with Crippen molar-refractivity contribution in [1.29, 1.82) is 0 Å². The van der Waals surface area contributed by atoms with Crippen LogP contribution in [0.4, 0.5) is 0 Å². The molecule has 0 saturated carbocycles. The molecule has 8 heteroatoms. The SMILES string of the molecule is O=C(O)Cn1cc(CCCNS(=O)(=O)c2ccc(Cl)cc2)c2ccccc21. The van der Waals surface area contributed by atoms with Crippen molar-refractivity contribution in [3.05, 3.63) is 65.3 Å². The molecule has 0 spiro atoms. The summed E-state index contributed by atoms with van der Waals surface area (Å²) in [6.07, 6.45) is 3.05. The Kier molecular flexibility index (Phi) is 5.84. The molecular formula is C19H19ClN2O4S. The van der Waals surface area contributed by atoms with Crippen molar-refractivity contribution in [2.24, 2.45) is 0 Å². The molecule has 1 heterocycles. The minimum Gasteiger partial charge on any atom is -0.480 e. The Morgan fingerprint density at radius 3 is 2.52 bits per heavy atom. The first kappa shape index (κ1) is 19.4. The fraction of sp³-hybridized carbons (Fsp3) is 0.211. The van der Waals surface area contributed by atoms with E-state index in [1.165, 1.54) is 24.3 Å². The summed E-state index contributed by atoms with van der Waals surface area (Å²) >= 11 is 5.78. The molecule has 3 aromatic rings. The molecule has 142 valence electrons. The van der Waals surface area contributed by atoms with Crippen LogP contribution in [0, 0.1) is 0 Å². The summed E-state index contributed by atoms with van der Waals surface area (Å²) in [7, 11) is -3.58.